The van der Waals surface area contributed by atoms with Gasteiger partial charge < -0.3 is 29.0 Å². The number of likely N-dealkylation sites (N-methyl/N-ethyl adjacent to an activating group) is 1. The summed E-state index contributed by atoms with van der Waals surface area (Å²) in [6, 6.07) is 10.5. The molecule has 1 N–H and O–H groups in total. The molecule has 0 spiro atoms. The van der Waals surface area contributed by atoms with E-state index in [0.717, 1.165) is 71.8 Å². The Labute approximate surface area is 314 Å². The molecule has 2 fully saturated rings. The molecule has 0 bridgehead atoms. The third-order valence-corrected chi connectivity index (χ3v) is 10.7. The van der Waals surface area contributed by atoms with Gasteiger partial charge in [0.25, 0.3) is 17.4 Å². The Kier molecular flexibility index (Phi) is 10.9. The van der Waals surface area contributed by atoms with Crippen molar-refractivity contribution in [2.24, 2.45) is 7.05 Å². The van der Waals surface area contributed by atoms with Crippen molar-refractivity contribution in [1.29, 1.82) is 0 Å². The minimum atomic E-state index is -0.745. The smallest absolute Gasteiger partial charge is 0.262 e. The van der Waals surface area contributed by atoms with Gasteiger partial charge in [-0.1, -0.05) is 0 Å². The number of methoxy groups -OCH3 is 2. The van der Waals surface area contributed by atoms with Crippen LogP contribution in [-0.4, -0.2) is 128 Å². The second kappa shape index (κ2) is 16.0. The summed E-state index contributed by atoms with van der Waals surface area (Å²) in [6.07, 6.45) is 6.35. The van der Waals surface area contributed by atoms with Crippen LogP contribution in [0.5, 0.6) is 11.5 Å². The van der Waals surface area contributed by atoms with E-state index in [9.17, 15) is 19.2 Å². The zero-order valence-electron chi connectivity index (χ0n) is 31.3. The highest BCUT2D eigenvalue weighted by Gasteiger charge is 2.43. The van der Waals surface area contributed by atoms with Crippen LogP contribution in [0, 0.1) is 0 Å². The van der Waals surface area contributed by atoms with Gasteiger partial charge in [0.05, 0.1) is 49.5 Å². The van der Waals surface area contributed by atoms with Crippen molar-refractivity contribution in [3.05, 3.63) is 82.0 Å². The number of pyridine rings is 2. The molecule has 3 aliphatic heterocycles. The van der Waals surface area contributed by atoms with Gasteiger partial charge in [0.2, 0.25) is 5.91 Å². The maximum absolute atomic E-state index is 13.3. The SMILES string of the molecule is COc1cc(-c2cn(C)c(=O)c3cnccc23)cc(OC)c1CN(C)CCOCCN1CCN(c2ccc3c(c2)C(=O)N(C2CCCNC2=O)C3=O)CC1. The Hall–Kier alpha value is -5.31. The fourth-order valence-corrected chi connectivity index (χ4v) is 7.66. The normalized spacial score (nSPS) is 17.7. The van der Waals surface area contributed by atoms with Gasteiger partial charge in [-0.25, -0.2) is 0 Å². The minimum Gasteiger partial charge on any atom is -0.496 e. The number of hydrogen-bond donors (Lipinski definition) is 1. The molecule has 4 aromatic rings. The Balaban J connectivity index is 0.884. The first-order valence-corrected chi connectivity index (χ1v) is 18.4. The minimum absolute atomic E-state index is 0.101. The zero-order chi connectivity index (χ0) is 37.9. The highest BCUT2D eigenvalue weighted by Crippen LogP contribution is 2.38. The number of hydrogen-bond acceptors (Lipinski definition) is 11. The zero-order valence-corrected chi connectivity index (χ0v) is 31.3. The summed E-state index contributed by atoms with van der Waals surface area (Å²) in [4.78, 5) is 63.6. The summed E-state index contributed by atoms with van der Waals surface area (Å²) >= 11 is 0. The molecule has 14 heteroatoms. The van der Waals surface area contributed by atoms with E-state index in [1.54, 1.807) is 50.4 Å². The fraction of sp³-hybridized carbons (Fsp3) is 0.425. The van der Waals surface area contributed by atoms with Gasteiger partial charge in [-0.05, 0) is 67.2 Å². The number of imide groups is 1. The Morgan fingerprint density at radius 3 is 2.35 bits per heavy atom. The molecule has 284 valence electrons. The highest BCUT2D eigenvalue weighted by atomic mass is 16.5. The summed E-state index contributed by atoms with van der Waals surface area (Å²) in [5.41, 5.74) is 4.23. The number of carbonyl (C=O) groups is 3. The molecule has 54 heavy (non-hydrogen) atoms. The Morgan fingerprint density at radius 1 is 0.889 bits per heavy atom. The molecule has 3 amide bonds. The van der Waals surface area contributed by atoms with E-state index >= 15 is 0 Å². The molecule has 0 aliphatic carbocycles. The van der Waals surface area contributed by atoms with Crippen molar-refractivity contribution in [1.82, 2.24) is 29.6 Å². The van der Waals surface area contributed by atoms with Crippen LogP contribution in [-0.2, 0) is 23.1 Å². The molecule has 3 aliphatic rings. The maximum Gasteiger partial charge on any atom is 0.262 e. The lowest BCUT2D eigenvalue weighted by molar-refractivity contribution is -0.126. The molecule has 7 rings (SSSR count). The summed E-state index contributed by atoms with van der Waals surface area (Å²) in [7, 11) is 7.07. The average molecular weight is 738 g/mol. The van der Waals surface area contributed by atoms with Crippen LogP contribution in [0.2, 0.25) is 0 Å². The van der Waals surface area contributed by atoms with Crippen LogP contribution in [0.1, 0.15) is 39.1 Å². The van der Waals surface area contributed by atoms with E-state index < -0.39 is 6.04 Å². The predicted molar refractivity (Wildman–Crippen MR) is 204 cm³/mol. The molecule has 2 saturated heterocycles. The fourth-order valence-electron chi connectivity index (χ4n) is 7.66. The number of piperidine rings is 1. The topological polar surface area (TPSA) is 139 Å². The molecule has 14 nitrogen and oxygen atoms in total. The number of anilines is 1. The van der Waals surface area contributed by atoms with Crippen molar-refractivity contribution in [2.45, 2.75) is 25.4 Å². The molecule has 1 atom stereocenters. The van der Waals surface area contributed by atoms with Crippen molar-refractivity contribution in [2.75, 3.05) is 85.2 Å². The Morgan fingerprint density at radius 2 is 1.63 bits per heavy atom. The number of fused-ring (bicyclic) bond motifs is 2. The molecule has 2 aromatic heterocycles. The van der Waals surface area contributed by atoms with Gasteiger partial charge in [0, 0.05) is 89.2 Å². The number of ether oxygens (including phenoxy) is 3. The van der Waals surface area contributed by atoms with Crippen molar-refractivity contribution in [3.63, 3.8) is 0 Å². The van der Waals surface area contributed by atoms with E-state index in [-0.39, 0.29) is 23.3 Å². The van der Waals surface area contributed by atoms with E-state index in [4.69, 9.17) is 14.2 Å². The average Bonchev–Trinajstić information content (AvgIpc) is 3.44. The first kappa shape index (κ1) is 37.0. The number of nitrogens with one attached hydrogen (secondary N) is 1. The number of aryl methyl sites for hydroxylation is 1. The molecule has 0 saturated carbocycles. The molecule has 1 unspecified atom stereocenters. The van der Waals surface area contributed by atoms with Crippen LogP contribution in [0.15, 0.2) is 59.8 Å². The second-order valence-corrected chi connectivity index (χ2v) is 14.1. The van der Waals surface area contributed by atoms with E-state index in [0.29, 0.717) is 67.3 Å². The number of carbonyl (C=O) groups excluding carboxylic acids is 3. The third kappa shape index (κ3) is 7.28. The van der Waals surface area contributed by atoms with Gasteiger partial charge in [-0.2, -0.15) is 0 Å². The van der Waals surface area contributed by atoms with Crippen molar-refractivity contribution < 1.29 is 28.6 Å². The molecule has 5 heterocycles. The van der Waals surface area contributed by atoms with Crippen LogP contribution in [0.25, 0.3) is 21.9 Å². The van der Waals surface area contributed by atoms with Gasteiger partial charge in [0.15, 0.2) is 0 Å². The lowest BCUT2D eigenvalue weighted by atomic mass is 9.99. The van der Waals surface area contributed by atoms with Gasteiger partial charge in [0.1, 0.15) is 17.5 Å². The summed E-state index contributed by atoms with van der Waals surface area (Å²) < 4.78 is 19.3. The summed E-state index contributed by atoms with van der Waals surface area (Å²) in [6.45, 7) is 7.14. The first-order chi connectivity index (χ1) is 26.2. The lowest BCUT2D eigenvalue weighted by Gasteiger charge is -2.36. The molecular formula is C40H47N7O7. The number of piperazine rings is 1. The number of amides is 3. The monoisotopic (exact) mass is 737 g/mol. The van der Waals surface area contributed by atoms with Crippen LogP contribution in [0.4, 0.5) is 5.69 Å². The first-order valence-electron chi connectivity index (χ1n) is 18.4. The summed E-state index contributed by atoms with van der Waals surface area (Å²) in [5, 5.41) is 4.14. The van der Waals surface area contributed by atoms with Crippen molar-refractivity contribution >= 4 is 34.2 Å². The Bertz CT molecular complexity index is 2100. The second-order valence-electron chi connectivity index (χ2n) is 14.1. The van der Waals surface area contributed by atoms with E-state index in [1.807, 2.05) is 37.5 Å². The van der Waals surface area contributed by atoms with Crippen LogP contribution < -0.4 is 25.2 Å². The molecular weight excluding hydrogens is 690 g/mol. The summed E-state index contributed by atoms with van der Waals surface area (Å²) in [5.74, 6) is 0.352. The molecule has 0 radical (unpaired) electrons. The van der Waals surface area contributed by atoms with Gasteiger partial charge >= 0.3 is 0 Å². The number of nitrogens with zero attached hydrogens (tertiary/aromatic N) is 6. The van der Waals surface area contributed by atoms with E-state index in [2.05, 4.69) is 25.0 Å². The predicted octanol–water partition coefficient (Wildman–Crippen LogP) is 2.76. The number of rotatable bonds is 13. The standard InChI is InChI=1S/C40H47N7O7/c1-43(24-33-35(52-3)20-26(21-36(33)53-4)32-25-44(2)38(49)31-23-41-11-9-28(31)32)16-18-54-19-17-45-12-14-46(15-13-45)27-7-8-29-30(22-27)40(51)47(39(29)50)34-6-5-10-42-37(34)48/h7-9,11,20-23,25,34H,5-6,10,12-19,24H2,1-4H3,(H,42,48). The van der Waals surface area contributed by atoms with Crippen LogP contribution >= 0.6 is 0 Å². The molecule has 2 aromatic carbocycles. The largest absolute Gasteiger partial charge is 0.496 e. The van der Waals surface area contributed by atoms with E-state index in [1.165, 1.54) is 0 Å². The highest BCUT2D eigenvalue weighted by molar-refractivity contribution is 6.23. The number of benzene rings is 2. The number of aromatic nitrogens is 2. The van der Waals surface area contributed by atoms with Gasteiger partial charge in [-0.15, -0.1) is 0 Å². The maximum atomic E-state index is 13.3. The van der Waals surface area contributed by atoms with Gasteiger partial charge in [-0.3, -0.25) is 38.9 Å². The van der Waals surface area contributed by atoms with Crippen molar-refractivity contribution in [3.8, 4) is 22.6 Å². The lowest BCUT2D eigenvalue weighted by Crippen LogP contribution is -2.52. The quantitative estimate of drug-likeness (QED) is 0.160. The third-order valence-electron chi connectivity index (χ3n) is 10.7. The van der Waals surface area contributed by atoms with Crippen LogP contribution in [0.3, 0.4) is 0 Å².